The molecule has 0 saturated heterocycles. The number of rotatable bonds is 6. The van der Waals surface area contributed by atoms with E-state index in [1.54, 1.807) is 0 Å². The van der Waals surface area contributed by atoms with E-state index in [2.05, 4.69) is 170 Å². The van der Waals surface area contributed by atoms with Crippen LogP contribution >= 0.6 is 0 Å². The molecule has 0 atom stereocenters. The molecule has 1 radical (unpaired) electrons. The maximum Gasteiger partial charge on any atom is 0.120 e. The summed E-state index contributed by atoms with van der Waals surface area (Å²) in [6.07, 6.45) is 0. The van der Waals surface area contributed by atoms with Crippen molar-refractivity contribution in [2.24, 2.45) is 0 Å². The third kappa shape index (κ3) is 6.82. The Balaban J connectivity index is 0.000000154. The third-order valence-corrected chi connectivity index (χ3v) is 11.2. The molecular weight excluding hydrogens is 913 g/mol. The van der Waals surface area contributed by atoms with Gasteiger partial charge in [-0.05, 0) is 76.2 Å². The Morgan fingerprint density at radius 3 is 1.87 bits per heavy atom. The predicted octanol–water partition coefficient (Wildman–Crippen LogP) is 14.3. The Morgan fingerprint density at radius 2 is 1.15 bits per heavy atom. The van der Waals surface area contributed by atoms with E-state index < -0.39 is 0 Å². The fourth-order valence-electron chi connectivity index (χ4n) is 8.36. The van der Waals surface area contributed by atoms with Gasteiger partial charge in [-0.1, -0.05) is 130 Å². The minimum absolute atomic E-state index is 0. The summed E-state index contributed by atoms with van der Waals surface area (Å²) in [5.74, 6) is 2.62. The monoisotopic (exact) mass is 955 g/mol. The first-order valence-corrected chi connectivity index (χ1v) is 20.3. The van der Waals surface area contributed by atoms with Gasteiger partial charge in [0.05, 0.1) is 39.3 Å². The van der Waals surface area contributed by atoms with Gasteiger partial charge >= 0.3 is 0 Å². The van der Waals surface area contributed by atoms with Gasteiger partial charge in [0.1, 0.15) is 5.58 Å². The number of para-hydroxylation sites is 6. The van der Waals surface area contributed by atoms with Gasteiger partial charge in [0, 0.05) is 36.9 Å². The molecule has 0 saturated carbocycles. The first kappa shape index (κ1) is 38.9. The summed E-state index contributed by atoms with van der Waals surface area (Å²) in [4.78, 5) is 10.0. The second kappa shape index (κ2) is 16.2. The van der Waals surface area contributed by atoms with Crippen LogP contribution in [0.25, 0.3) is 88.9 Å². The summed E-state index contributed by atoms with van der Waals surface area (Å²) < 4.78 is 10.9. The Labute approximate surface area is 363 Å². The van der Waals surface area contributed by atoms with Crippen LogP contribution < -0.4 is 0 Å². The van der Waals surface area contributed by atoms with Crippen LogP contribution in [0.3, 0.4) is 0 Å². The maximum atomic E-state index is 6.31. The largest absolute Gasteiger partial charge is 0.501 e. The number of nitrogens with zero attached hydrogens (tertiary/aromatic N) is 4. The molecule has 0 amide bonds. The zero-order valence-corrected chi connectivity index (χ0v) is 36.2. The van der Waals surface area contributed by atoms with Gasteiger partial charge in [0.25, 0.3) is 0 Å². The fraction of sp³-hybridized carbons (Fsp3) is 0.111. The van der Waals surface area contributed by atoms with Crippen molar-refractivity contribution in [1.29, 1.82) is 0 Å². The molecule has 3 aromatic heterocycles. The number of imidazole rings is 2. The molecule has 0 unspecified atom stereocenters. The smallest absolute Gasteiger partial charge is 0.120 e. The molecule has 60 heavy (non-hydrogen) atoms. The van der Waals surface area contributed by atoms with Crippen LogP contribution in [0.15, 0.2) is 174 Å². The normalized spacial score (nSPS) is 11.5. The number of hydrogen-bond donors (Lipinski definition) is 0. The molecule has 0 bridgehead atoms. The predicted molar refractivity (Wildman–Crippen MR) is 244 cm³/mol. The Bertz CT molecular complexity index is 3270. The van der Waals surface area contributed by atoms with Crippen molar-refractivity contribution in [3.05, 3.63) is 193 Å². The minimum Gasteiger partial charge on any atom is -0.501 e. The molecule has 0 fully saturated rings. The van der Waals surface area contributed by atoms with E-state index in [1.165, 1.54) is 27.6 Å². The summed E-state index contributed by atoms with van der Waals surface area (Å²) in [6.45, 7) is 9.04. The van der Waals surface area contributed by atoms with Crippen LogP contribution in [-0.4, -0.2) is 19.1 Å². The van der Waals surface area contributed by atoms with Gasteiger partial charge in [0.15, 0.2) is 0 Å². The molecular formula is C54H42IrN4O-2. The molecule has 0 aliphatic heterocycles. The Kier molecular flexibility index (Phi) is 10.5. The first-order valence-electron chi connectivity index (χ1n) is 20.3. The van der Waals surface area contributed by atoms with Gasteiger partial charge in [-0.2, -0.15) is 0 Å². The van der Waals surface area contributed by atoms with Crippen molar-refractivity contribution < 1.29 is 24.5 Å². The second-order valence-electron chi connectivity index (χ2n) is 15.6. The van der Waals surface area contributed by atoms with Crippen molar-refractivity contribution in [3.8, 4) is 34.2 Å². The van der Waals surface area contributed by atoms with Crippen molar-refractivity contribution in [1.82, 2.24) is 19.1 Å². The van der Waals surface area contributed by atoms with Gasteiger partial charge in [-0.3, -0.25) is 9.97 Å². The minimum atomic E-state index is 0. The van der Waals surface area contributed by atoms with E-state index >= 15 is 0 Å². The quantitative estimate of drug-likeness (QED) is 0.156. The van der Waals surface area contributed by atoms with Crippen molar-refractivity contribution in [3.63, 3.8) is 0 Å². The van der Waals surface area contributed by atoms with E-state index in [0.29, 0.717) is 11.8 Å². The van der Waals surface area contributed by atoms with Gasteiger partial charge in [0.2, 0.25) is 0 Å². The SMILES string of the molecule is CC(C)c1cccc(C(C)C)c1-n1c(-c2[c-]cccc2)nc2ccccc21.[Ir].[c-]1ccc2c(oc3ccccc32)c1-c1nc2ccccc2n1-c1ccc2ccccc2c1. The number of furan rings is 1. The van der Waals surface area contributed by atoms with Gasteiger partial charge < -0.3 is 13.6 Å². The summed E-state index contributed by atoms with van der Waals surface area (Å²) in [7, 11) is 0. The number of aromatic nitrogens is 4. The third-order valence-electron chi connectivity index (χ3n) is 11.2. The van der Waals surface area contributed by atoms with E-state index in [0.717, 1.165) is 72.5 Å². The summed E-state index contributed by atoms with van der Waals surface area (Å²) >= 11 is 0. The van der Waals surface area contributed by atoms with E-state index in [9.17, 15) is 0 Å². The Morgan fingerprint density at radius 1 is 0.517 bits per heavy atom. The van der Waals surface area contributed by atoms with Crippen LogP contribution in [0, 0.1) is 12.1 Å². The molecule has 11 aromatic rings. The molecule has 295 valence electrons. The van der Waals surface area contributed by atoms with E-state index in [-0.39, 0.29) is 20.1 Å². The molecule has 0 aliphatic rings. The molecule has 0 N–H and O–H groups in total. The second-order valence-corrected chi connectivity index (χ2v) is 15.6. The summed E-state index contributed by atoms with van der Waals surface area (Å²) in [5, 5.41) is 4.59. The van der Waals surface area contributed by atoms with Crippen LogP contribution in [0.5, 0.6) is 0 Å². The molecule has 8 aromatic carbocycles. The maximum absolute atomic E-state index is 6.31. The van der Waals surface area contributed by atoms with Gasteiger partial charge in [-0.25, -0.2) is 0 Å². The van der Waals surface area contributed by atoms with Crippen LogP contribution in [0.1, 0.15) is 50.7 Å². The molecule has 0 aliphatic carbocycles. The molecule has 11 rings (SSSR count). The number of fused-ring (bicyclic) bond motifs is 6. The topological polar surface area (TPSA) is 48.8 Å². The van der Waals surface area contributed by atoms with Crippen LogP contribution in [0.4, 0.5) is 0 Å². The fourth-order valence-corrected chi connectivity index (χ4v) is 8.36. The molecule has 6 heteroatoms. The van der Waals surface area contributed by atoms with E-state index in [4.69, 9.17) is 14.4 Å². The van der Waals surface area contributed by atoms with Crippen molar-refractivity contribution >= 4 is 54.8 Å². The average Bonchev–Trinajstić information content (AvgIpc) is 3.98. The number of hydrogen-bond acceptors (Lipinski definition) is 3. The first-order chi connectivity index (χ1) is 28.9. The average molecular weight is 955 g/mol. The van der Waals surface area contributed by atoms with E-state index in [1.807, 2.05) is 48.5 Å². The number of benzene rings is 8. The Hall–Kier alpha value is -6.59. The van der Waals surface area contributed by atoms with Gasteiger partial charge in [-0.15, -0.1) is 54.1 Å². The van der Waals surface area contributed by atoms with Crippen LogP contribution in [0.2, 0.25) is 0 Å². The van der Waals surface area contributed by atoms with Crippen molar-refractivity contribution in [2.45, 2.75) is 39.5 Å². The molecule has 0 spiro atoms. The summed E-state index contributed by atoms with van der Waals surface area (Å²) in [5.41, 5.74) is 12.7. The van der Waals surface area contributed by atoms with Crippen LogP contribution in [-0.2, 0) is 20.1 Å². The summed E-state index contributed by atoms with van der Waals surface area (Å²) in [6, 6.07) is 65.3. The molecule has 5 nitrogen and oxygen atoms in total. The zero-order valence-electron chi connectivity index (χ0n) is 33.9. The van der Waals surface area contributed by atoms with Crippen molar-refractivity contribution in [2.75, 3.05) is 0 Å². The standard InChI is InChI=1S/C29H17N2O.C25H25N2.Ir/c1-2-9-20-18-21(17-16-19(20)8-1)31-26-14-5-4-13-25(26)30-29(31)24-12-7-11-23-22-10-3-6-15-27(22)32-28(23)24;1-17(2)20-13-10-14-21(18(3)4)24(20)27-23-16-9-8-15-22(23)26-25(27)19-11-6-5-7-12-19;/h1-11,13-18H;5-11,13-18H,1-4H3;/q2*-1;. The molecule has 3 heterocycles. The zero-order chi connectivity index (χ0) is 40.0.